The maximum absolute atomic E-state index is 10.3. The summed E-state index contributed by atoms with van der Waals surface area (Å²) in [4.78, 5) is 15.1. The Morgan fingerprint density at radius 2 is 2.29 bits per heavy atom. The Morgan fingerprint density at radius 1 is 1.64 bits per heavy atom. The van der Waals surface area contributed by atoms with Gasteiger partial charge in [0.1, 0.15) is 6.10 Å². The van der Waals surface area contributed by atoms with Crippen LogP contribution < -0.4 is 0 Å². The molecule has 0 fully saturated rings. The molecule has 0 bridgehead atoms. The van der Waals surface area contributed by atoms with Crippen molar-refractivity contribution in [1.82, 2.24) is 4.98 Å². The van der Waals surface area contributed by atoms with Crippen LogP contribution in [0.4, 0.5) is 0 Å². The van der Waals surface area contributed by atoms with Gasteiger partial charge in [0.25, 0.3) is 0 Å². The molecule has 78 valence electrons. The summed E-state index contributed by atoms with van der Waals surface area (Å²) in [6.45, 7) is 4.01. The minimum absolute atomic E-state index is 0.264. The van der Waals surface area contributed by atoms with Crippen LogP contribution in [0.2, 0.25) is 0 Å². The maximum atomic E-state index is 10.3. The summed E-state index contributed by atoms with van der Waals surface area (Å²) in [7, 11) is 0. The molecule has 0 aromatic carbocycles. The average Bonchev–Trinajstić information content (AvgIpc) is 2.50. The highest BCUT2D eigenvalue weighted by molar-refractivity contribution is 7.11. The molecule has 4 nitrogen and oxygen atoms in total. The highest BCUT2D eigenvalue weighted by atomic mass is 32.1. The number of hydrogen-bond donors (Lipinski definition) is 2. The number of rotatable bonds is 4. The first kappa shape index (κ1) is 11.1. The van der Waals surface area contributed by atoms with Crippen LogP contribution in [-0.2, 0) is 4.79 Å². The number of aliphatic carboxylic acids is 1. The summed E-state index contributed by atoms with van der Waals surface area (Å²) in [6, 6.07) is 0. The molecule has 0 saturated heterocycles. The molecule has 2 N–H and O–H groups in total. The first-order chi connectivity index (χ1) is 6.50. The largest absolute Gasteiger partial charge is 0.481 e. The van der Waals surface area contributed by atoms with Gasteiger partial charge in [-0.2, -0.15) is 0 Å². The normalized spacial score (nSPS) is 13.1. The molecule has 0 saturated carbocycles. The Bertz CT molecular complexity index is 322. The topological polar surface area (TPSA) is 70.4 Å². The van der Waals surface area contributed by atoms with Crippen LogP contribution >= 0.6 is 11.3 Å². The molecule has 1 rings (SSSR count). The average molecular weight is 215 g/mol. The molecule has 1 aromatic heterocycles. The second-order valence-electron chi connectivity index (χ2n) is 3.37. The van der Waals surface area contributed by atoms with E-state index in [0.717, 1.165) is 5.01 Å². The SMILES string of the molecule is CC(C)c1ncc([C@@H](O)CC(=O)O)s1. The predicted molar refractivity (Wildman–Crippen MR) is 53.4 cm³/mol. The third kappa shape index (κ3) is 2.78. The molecule has 0 aliphatic rings. The fourth-order valence-electron chi connectivity index (χ4n) is 0.988. The van der Waals surface area contributed by atoms with Gasteiger partial charge in [0, 0.05) is 12.1 Å². The van der Waals surface area contributed by atoms with Crippen molar-refractivity contribution >= 4 is 17.3 Å². The number of carboxylic acids is 1. The quantitative estimate of drug-likeness (QED) is 0.803. The molecule has 0 aliphatic heterocycles. The number of aliphatic hydroxyl groups excluding tert-OH is 1. The summed E-state index contributed by atoms with van der Waals surface area (Å²) >= 11 is 1.37. The molecular formula is C9H13NO3S. The molecule has 5 heteroatoms. The molecule has 0 radical (unpaired) electrons. The van der Waals surface area contributed by atoms with E-state index in [1.807, 2.05) is 13.8 Å². The first-order valence-electron chi connectivity index (χ1n) is 4.36. The highest BCUT2D eigenvalue weighted by Gasteiger charge is 2.16. The zero-order valence-electron chi connectivity index (χ0n) is 8.10. The summed E-state index contributed by atoms with van der Waals surface area (Å²) in [5.41, 5.74) is 0. The number of nitrogens with zero attached hydrogens (tertiary/aromatic N) is 1. The van der Waals surface area contributed by atoms with Gasteiger partial charge < -0.3 is 10.2 Å². The van der Waals surface area contributed by atoms with E-state index in [9.17, 15) is 9.90 Å². The summed E-state index contributed by atoms with van der Waals surface area (Å²) < 4.78 is 0. The van der Waals surface area contributed by atoms with Crippen molar-refractivity contribution in [1.29, 1.82) is 0 Å². The molecule has 1 aromatic rings. The molecule has 0 spiro atoms. The molecule has 0 unspecified atom stereocenters. The highest BCUT2D eigenvalue weighted by Crippen LogP contribution is 2.27. The number of carboxylic acid groups (broad SMARTS) is 1. The van der Waals surface area contributed by atoms with Gasteiger partial charge in [0.2, 0.25) is 0 Å². The van der Waals surface area contributed by atoms with Crippen molar-refractivity contribution < 1.29 is 15.0 Å². The Hall–Kier alpha value is -0.940. The van der Waals surface area contributed by atoms with Gasteiger partial charge in [-0.05, 0) is 0 Å². The van der Waals surface area contributed by atoms with Crippen molar-refractivity contribution in [3.8, 4) is 0 Å². The number of thiazole rings is 1. The van der Waals surface area contributed by atoms with E-state index in [4.69, 9.17) is 5.11 Å². The van der Waals surface area contributed by atoms with Gasteiger partial charge in [0.05, 0.1) is 16.3 Å². The number of carbonyl (C=O) groups is 1. The molecule has 1 atom stereocenters. The van der Waals surface area contributed by atoms with Crippen molar-refractivity contribution in [2.75, 3.05) is 0 Å². The van der Waals surface area contributed by atoms with Crippen molar-refractivity contribution in [2.45, 2.75) is 32.3 Å². The summed E-state index contributed by atoms with van der Waals surface area (Å²) in [5, 5.41) is 18.9. The van der Waals surface area contributed by atoms with Crippen molar-refractivity contribution in [3.63, 3.8) is 0 Å². The van der Waals surface area contributed by atoms with Crippen LogP contribution in [0.3, 0.4) is 0 Å². The zero-order valence-corrected chi connectivity index (χ0v) is 8.91. The molecular weight excluding hydrogens is 202 g/mol. The third-order valence-electron chi connectivity index (χ3n) is 1.73. The van der Waals surface area contributed by atoms with Crippen LogP contribution in [0, 0.1) is 0 Å². The lowest BCUT2D eigenvalue weighted by molar-refractivity contribution is -0.139. The second kappa shape index (κ2) is 4.52. The Kier molecular flexibility index (Phi) is 3.60. The minimum atomic E-state index is -1.00. The Balaban J connectivity index is 2.71. The molecule has 0 aliphatic carbocycles. The van der Waals surface area contributed by atoms with Crippen LogP contribution in [0.15, 0.2) is 6.20 Å². The van der Waals surface area contributed by atoms with Gasteiger partial charge in [0.15, 0.2) is 0 Å². The van der Waals surface area contributed by atoms with E-state index in [0.29, 0.717) is 10.8 Å². The van der Waals surface area contributed by atoms with Crippen LogP contribution in [-0.4, -0.2) is 21.2 Å². The number of hydrogen-bond acceptors (Lipinski definition) is 4. The van der Waals surface area contributed by atoms with Crippen LogP contribution in [0.1, 0.15) is 42.2 Å². The summed E-state index contributed by atoms with van der Waals surface area (Å²) in [6.07, 6.45) is 0.352. The van der Waals surface area contributed by atoms with E-state index in [1.54, 1.807) is 6.20 Å². The fraction of sp³-hybridized carbons (Fsp3) is 0.556. The summed E-state index contributed by atoms with van der Waals surface area (Å²) in [5.74, 6) is -0.692. The number of aliphatic hydroxyl groups is 1. The van der Waals surface area contributed by atoms with E-state index in [1.165, 1.54) is 11.3 Å². The lowest BCUT2D eigenvalue weighted by Crippen LogP contribution is -2.03. The molecule has 14 heavy (non-hydrogen) atoms. The lowest BCUT2D eigenvalue weighted by atomic mass is 10.2. The molecule has 0 amide bonds. The van der Waals surface area contributed by atoms with E-state index in [2.05, 4.69) is 4.98 Å². The van der Waals surface area contributed by atoms with Gasteiger partial charge >= 0.3 is 5.97 Å². The van der Waals surface area contributed by atoms with E-state index >= 15 is 0 Å². The predicted octanol–water partition coefficient (Wildman–Crippen LogP) is 1.77. The van der Waals surface area contributed by atoms with Gasteiger partial charge in [-0.15, -0.1) is 11.3 Å². The molecule has 1 heterocycles. The van der Waals surface area contributed by atoms with Gasteiger partial charge in [-0.1, -0.05) is 13.8 Å². The third-order valence-corrected chi connectivity index (χ3v) is 3.13. The monoisotopic (exact) mass is 215 g/mol. The van der Waals surface area contributed by atoms with E-state index in [-0.39, 0.29) is 6.42 Å². The smallest absolute Gasteiger partial charge is 0.306 e. The Morgan fingerprint density at radius 3 is 2.71 bits per heavy atom. The van der Waals surface area contributed by atoms with Crippen molar-refractivity contribution in [3.05, 3.63) is 16.1 Å². The van der Waals surface area contributed by atoms with Crippen molar-refractivity contribution in [2.24, 2.45) is 0 Å². The standard InChI is InChI=1S/C9H13NO3S/c1-5(2)9-10-4-7(14-9)6(11)3-8(12)13/h4-6,11H,3H2,1-2H3,(H,12,13)/t6-/m0/s1. The van der Waals surface area contributed by atoms with E-state index < -0.39 is 12.1 Å². The zero-order chi connectivity index (χ0) is 10.7. The van der Waals surface area contributed by atoms with Gasteiger partial charge in [-0.3, -0.25) is 4.79 Å². The number of aromatic nitrogens is 1. The minimum Gasteiger partial charge on any atom is -0.481 e. The van der Waals surface area contributed by atoms with Crippen LogP contribution in [0.25, 0.3) is 0 Å². The maximum Gasteiger partial charge on any atom is 0.306 e. The lowest BCUT2D eigenvalue weighted by Gasteiger charge is -2.03. The second-order valence-corrected chi connectivity index (χ2v) is 4.46. The first-order valence-corrected chi connectivity index (χ1v) is 5.18. The van der Waals surface area contributed by atoms with Crippen LogP contribution in [0.5, 0.6) is 0 Å². The fourth-order valence-corrected chi connectivity index (χ4v) is 1.90. The van der Waals surface area contributed by atoms with Gasteiger partial charge in [-0.25, -0.2) is 4.98 Å². The Labute approximate surface area is 86.2 Å².